The van der Waals surface area contributed by atoms with Gasteiger partial charge < -0.3 is 9.47 Å². The Kier molecular flexibility index (Phi) is 5.20. The molecule has 0 spiro atoms. The van der Waals surface area contributed by atoms with Crippen molar-refractivity contribution >= 4 is 57.2 Å². The molecule has 0 fully saturated rings. The molecule has 0 saturated carbocycles. The highest BCUT2D eigenvalue weighted by Crippen LogP contribution is 2.25. The predicted octanol–water partition coefficient (Wildman–Crippen LogP) is 5.08. The molecule has 0 N–H and O–H groups in total. The van der Waals surface area contributed by atoms with Crippen molar-refractivity contribution in [2.75, 3.05) is 14.2 Å². The van der Waals surface area contributed by atoms with Crippen LogP contribution in [0, 0.1) is 3.57 Å². The molecule has 122 valence electrons. The zero-order valence-electron chi connectivity index (χ0n) is 13.1. The first-order valence-electron chi connectivity index (χ1n) is 7.13. The number of benzene rings is 2. The number of methoxy groups -OCH3 is 2. The van der Waals surface area contributed by atoms with Crippen molar-refractivity contribution in [3.8, 4) is 11.5 Å². The Labute approximate surface area is 158 Å². The smallest absolute Gasteiger partial charge is 0.154 e. The van der Waals surface area contributed by atoms with Crippen molar-refractivity contribution in [3.63, 3.8) is 0 Å². The minimum absolute atomic E-state index is 0.446. The second kappa shape index (κ2) is 7.36. The lowest BCUT2D eigenvalue weighted by molar-refractivity contribution is 0.394. The Balaban J connectivity index is 1.97. The van der Waals surface area contributed by atoms with Crippen LogP contribution in [0.5, 0.6) is 11.5 Å². The number of nitrogens with zero attached hydrogens (tertiary/aromatic N) is 2. The van der Waals surface area contributed by atoms with E-state index in [-0.39, 0.29) is 0 Å². The van der Waals surface area contributed by atoms with Gasteiger partial charge in [0.15, 0.2) is 5.82 Å². The highest BCUT2D eigenvalue weighted by molar-refractivity contribution is 14.1. The maximum Gasteiger partial charge on any atom is 0.154 e. The second-order valence-electron chi connectivity index (χ2n) is 5.01. The van der Waals surface area contributed by atoms with Crippen molar-refractivity contribution in [2.45, 2.75) is 0 Å². The van der Waals surface area contributed by atoms with Crippen LogP contribution in [0.1, 0.15) is 11.4 Å². The van der Waals surface area contributed by atoms with Gasteiger partial charge in [-0.15, -0.1) is 0 Å². The van der Waals surface area contributed by atoms with Crippen LogP contribution < -0.4 is 9.47 Å². The largest absolute Gasteiger partial charge is 0.497 e. The van der Waals surface area contributed by atoms with Crippen LogP contribution in [0.2, 0.25) is 5.15 Å². The molecule has 1 heterocycles. The predicted molar refractivity (Wildman–Crippen MR) is 106 cm³/mol. The fraction of sp³-hybridized carbons (Fsp3) is 0.111. The van der Waals surface area contributed by atoms with Gasteiger partial charge >= 0.3 is 0 Å². The molecule has 0 aliphatic rings. The van der Waals surface area contributed by atoms with Gasteiger partial charge in [-0.3, -0.25) is 0 Å². The van der Waals surface area contributed by atoms with Crippen molar-refractivity contribution in [1.82, 2.24) is 9.97 Å². The van der Waals surface area contributed by atoms with Crippen LogP contribution in [0.15, 0.2) is 36.4 Å². The molecule has 3 aromatic rings. The zero-order chi connectivity index (χ0) is 17.1. The van der Waals surface area contributed by atoms with Crippen molar-refractivity contribution in [1.29, 1.82) is 0 Å². The average molecular weight is 453 g/mol. The minimum Gasteiger partial charge on any atom is -0.497 e. The molecule has 0 bridgehead atoms. The lowest BCUT2D eigenvalue weighted by Gasteiger charge is -2.06. The minimum atomic E-state index is 0.446. The molecule has 6 heteroatoms. The number of aromatic nitrogens is 2. The molecule has 1 aromatic heterocycles. The van der Waals surface area contributed by atoms with Gasteiger partial charge in [0.25, 0.3) is 0 Å². The van der Waals surface area contributed by atoms with Gasteiger partial charge in [0.1, 0.15) is 16.7 Å². The maximum atomic E-state index is 6.28. The fourth-order valence-corrected chi connectivity index (χ4v) is 2.98. The number of hydrogen-bond acceptors (Lipinski definition) is 4. The third kappa shape index (κ3) is 3.79. The van der Waals surface area contributed by atoms with Crippen LogP contribution in [-0.4, -0.2) is 24.2 Å². The number of ether oxygens (including phenoxy) is 2. The molecule has 0 radical (unpaired) electrons. The second-order valence-corrected chi connectivity index (χ2v) is 6.62. The van der Waals surface area contributed by atoms with Gasteiger partial charge in [-0.1, -0.05) is 17.7 Å². The summed E-state index contributed by atoms with van der Waals surface area (Å²) in [4.78, 5) is 8.87. The molecule has 0 aliphatic heterocycles. The summed E-state index contributed by atoms with van der Waals surface area (Å²) in [6, 6.07) is 11.5. The van der Waals surface area contributed by atoms with E-state index in [4.69, 9.17) is 21.1 Å². The highest BCUT2D eigenvalue weighted by Gasteiger charge is 2.05. The molecule has 0 amide bonds. The Morgan fingerprint density at radius 3 is 2.33 bits per heavy atom. The summed E-state index contributed by atoms with van der Waals surface area (Å²) < 4.78 is 11.6. The van der Waals surface area contributed by atoms with Crippen LogP contribution in [0.25, 0.3) is 23.1 Å². The fourth-order valence-electron chi connectivity index (χ4n) is 2.25. The van der Waals surface area contributed by atoms with E-state index < -0.39 is 0 Å². The van der Waals surface area contributed by atoms with E-state index in [0.29, 0.717) is 11.0 Å². The Hall–Kier alpha value is -1.86. The lowest BCUT2D eigenvalue weighted by Crippen LogP contribution is -1.91. The summed E-state index contributed by atoms with van der Waals surface area (Å²) in [6.45, 7) is 0. The van der Waals surface area contributed by atoms with Gasteiger partial charge in [0, 0.05) is 15.0 Å². The van der Waals surface area contributed by atoms with E-state index in [1.54, 1.807) is 14.2 Å². The molecule has 2 aromatic carbocycles. The first-order chi connectivity index (χ1) is 11.6. The molecule has 4 nitrogen and oxygen atoms in total. The maximum absolute atomic E-state index is 6.28. The quantitative estimate of drug-likeness (QED) is 0.409. The molecule has 24 heavy (non-hydrogen) atoms. The number of halogens is 2. The van der Waals surface area contributed by atoms with Crippen LogP contribution in [0.3, 0.4) is 0 Å². The van der Waals surface area contributed by atoms with Gasteiger partial charge in [-0.2, -0.15) is 0 Å². The van der Waals surface area contributed by atoms with Crippen LogP contribution >= 0.6 is 34.2 Å². The van der Waals surface area contributed by atoms with Crippen molar-refractivity contribution in [3.05, 3.63) is 56.5 Å². The summed E-state index contributed by atoms with van der Waals surface area (Å²) in [7, 11) is 3.24. The first-order valence-corrected chi connectivity index (χ1v) is 8.58. The summed E-state index contributed by atoms with van der Waals surface area (Å²) >= 11 is 8.52. The Morgan fingerprint density at radius 1 is 0.958 bits per heavy atom. The molecule has 0 unspecified atom stereocenters. The lowest BCUT2D eigenvalue weighted by atomic mass is 10.2. The number of hydrogen-bond donors (Lipinski definition) is 0. The molecule has 0 atom stereocenters. The summed E-state index contributed by atoms with van der Waals surface area (Å²) in [5, 5.41) is 1.30. The molecule has 3 rings (SSSR count). The van der Waals surface area contributed by atoms with E-state index in [9.17, 15) is 0 Å². The zero-order valence-corrected chi connectivity index (χ0v) is 16.0. The van der Waals surface area contributed by atoms with Gasteiger partial charge in [0.05, 0.1) is 19.7 Å². The molecule has 0 aliphatic carbocycles. The summed E-state index contributed by atoms with van der Waals surface area (Å²) in [5.41, 5.74) is 1.74. The number of rotatable bonds is 4. The van der Waals surface area contributed by atoms with Crippen molar-refractivity contribution in [2.24, 2.45) is 0 Å². The Bertz CT molecular complexity index is 906. The number of fused-ring (bicyclic) bond motifs is 1. The van der Waals surface area contributed by atoms with Gasteiger partial charge in [-0.05, 0) is 64.6 Å². The van der Waals surface area contributed by atoms with E-state index in [1.807, 2.05) is 48.6 Å². The van der Waals surface area contributed by atoms with Crippen molar-refractivity contribution < 1.29 is 9.47 Å². The van der Waals surface area contributed by atoms with Gasteiger partial charge in [-0.25, -0.2) is 9.97 Å². The van der Waals surface area contributed by atoms with Gasteiger partial charge in [0.2, 0.25) is 0 Å². The Morgan fingerprint density at radius 2 is 1.67 bits per heavy atom. The third-order valence-electron chi connectivity index (χ3n) is 3.43. The van der Waals surface area contributed by atoms with E-state index in [0.717, 1.165) is 31.5 Å². The SMILES string of the molecule is COc1cc(C=Cc2nc(Cl)c3cc(I)ccc3n2)cc(OC)c1. The summed E-state index contributed by atoms with van der Waals surface area (Å²) in [6.07, 6.45) is 3.72. The highest BCUT2D eigenvalue weighted by atomic mass is 127. The standard InChI is InChI=1S/C18H14ClIN2O2/c1-23-13-7-11(8-14(10-13)24-2)3-6-17-21-16-5-4-12(20)9-15(16)18(19)22-17/h3-10H,1-2H3. The summed E-state index contributed by atoms with van der Waals surface area (Å²) in [5.74, 6) is 2.00. The topological polar surface area (TPSA) is 44.2 Å². The third-order valence-corrected chi connectivity index (χ3v) is 4.39. The molecule has 0 saturated heterocycles. The normalized spacial score (nSPS) is 11.2. The van der Waals surface area contributed by atoms with E-state index in [1.165, 1.54) is 0 Å². The molecular formula is C18H14ClIN2O2. The van der Waals surface area contributed by atoms with Crippen LogP contribution in [0.4, 0.5) is 0 Å². The first kappa shape index (κ1) is 17.0. The molecular weight excluding hydrogens is 439 g/mol. The van der Waals surface area contributed by atoms with E-state index >= 15 is 0 Å². The van der Waals surface area contributed by atoms with E-state index in [2.05, 4.69) is 32.6 Å². The van der Waals surface area contributed by atoms with Crippen LogP contribution in [-0.2, 0) is 0 Å². The average Bonchev–Trinajstić information content (AvgIpc) is 2.60. The monoisotopic (exact) mass is 452 g/mol.